The third kappa shape index (κ3) is 2.62. The number of hydrogen-bond donors (Lipinski definition) is 0. The first-order valence-corrected chi connectivity index (χ1v) is 8.10. The average Bonchev–Trinajstić information content (AvgIpc) is 3.34. The number of carbonyl (C=O) groups excluding carboxylic acids is 1. The predicted octanol–water partition coefficient (Wildman–Crippen LogP) is 4.22. The molecule has 0 saturated carbocycles. The van der Waals surface area contributed by atoms with Crippen LogP contribution < -0.4 is 0 Å². The Balaban J connectivity index is 1.58. The SMILES string of the molecule is Cc1ccc(C2CCCN2C(=O)c2cc(-c3ccco3)on2)cc1. The van der Waals surface area contributed by atoms with Crippen molar-refractivity contribution < 1.29 is 13.7 Å². The predicted molar refractivity (Wildman–Crippen MR) is 88.4 cm³/mol. The van der Waals surface area contributed by atoms with Crippen LogP contribution in [0.3, 0.4) is 0 Å². The third-order valence-corrected chi connectivity index (χ3v) is 4.47. The van der Waals surface area contributed by atoms with Crippen molar-refractivity contribution in [3.8, 4) is 11.5 Å². The van der Waals surface area contributed by atoms with Crippen molar-refractivity contribution in [2.45, 2.75) is 25.8 Å². The lowest BCUT2D eigenvalue weighted by atomic mass is 10.0. The van der Waals surface area contributed by atoms with Gasteiger partial charge in [-0.1, -0.05) is 35.0 Å². The van der Waals surface area contributed by atoms with E-state index in [1.807, 2.05) is 4.90 Å². The topological polar surface area (TPSA) is 59.5 Å². The summed E-state index contributed by atoms with van der Waals surface area (Å²) in [6.45, 7) is 2.80. The molecule has 0 aliphatic carbocycles. The summed E-state index contributed by atoms with van der Waals surface area (Å²) in [4.78, 5) is 14.7. The summed E-state index contributed by atoms with van der Waals surface area (Å²) in [6, 6.07) is 13.7. The van der Waals surface area contributed by atoms with Crippen LogP contribution in [0.4, 0.5) is 0 Å². The number of amides is 1. The van der Waals surface area contributed by atoms with E-state index in [0.717, 1.165) is 19.4 Å². The summed E-state index contributed by atoms with van der Waals surface area (Å²) in [5.74, 6) is 0.937. The summed E-state index contributed by atoms with van der Waals surface area (Å²) in [5.41, 5.74) is 2.70. The van der Waals surface area contributed by atoms with Gasteiger partial charge in [-0.05, 0) is 37.5 Å². The Hall–Kier alpha value is -2.82. The lowest BCUT2D eigenvalue weighted by Crippen LogP contribution is -2.30. The second-order valence-electron chi connectivity index (χ2n) is 6.12. The van der Waals surface area contributed by atoms with Crippen LogP contribution in [0, 0.1) is 6.92 Å². The molecule has 0 N–H and O–H groups in total. The third-order valence-electron chi connectivity index (χ3n) is 4.47. The molecule has 5 nitrogen and oxygen atoms in total. The number of likely N-dealkylation sites (tertiary alicyclic amines) is 1. The van der Waals surface area contributed by atoms with Crippen LogP contribution in [-0.2, 0) is 0 Å². The molecule has 4 rings (SSSR count). The zero-order chi connectivity index (χ0) is 16.5. The first kappa shape index (κ1) is 14.8. The summed E-state index contributed by atoms with van der Waals surface area (Å²) in [6.07, 6.45) is 3.53. The van der Waals surface area contributed by atoms with Crippen molar-refractivity contribution in [3.63, 3.8) is 0 Å². The van der Waals surface area contributed by atoms with Crippen LogP contribution in [0.15, 0.2) is 57.7 Å². The maximum Gasteiger partial charge on any atom is 0.276 e. The van der Waals surface area contributed by atoms with Gasteiger partial charge in [0.1, 0.15) is 0 Å². The lowest BCUT2D eigenvalue weighted by Gasteiger charge is -2.24. The molecular formula is C19H18N2O3. The zero-order valence-corrected chi connectivity index (χ0v) is 13.4. The van der Waals surface area contributed by atoms with Crippen molar-refractivity contribution in [2.24, 2.45) is 0 Å². The van der Waals surface area contributed by atoms with Crippen LogP contribution in [0.25, 0.3) is 11.5 Å². The van der Waals surface area contributed by atoms with E-state index >= 15 is 0 Å². The Kier molecular flexibility index (Phi) is 3.69. The molecule has 1 saturated heterocycles. The Labute approximate surface area is 139 Å². The summed E-state index contributed by atoms with van der Waals surface area (Å²) in [5, 5.41) is 3.93. The van der Waals surface area contributed by atoms with Crippen molar-refractivity contribution in [3.05, 3.63) is 65.5 Å². The highest BCUT2D eigenvalue weighted by molar-refractivity contribution is 5.93. The first-order valence-electron chi connectivity index (χ1n) is 8.10. The van der Waals surface area contributed by atoms with Crippen molar-refractivity contribution in [1.82, 2.24) is 10.1 Å². The Morgan fingerprint density at radius 3 is 2.79 bits per heavy atom. The van der Waals surface area contributed by atoms with Gasteiger partial charge in [-0.3, -0.25) is 4.79 Å². The minimum absolute atomic E-state index is 0.0976. The van der Waals surface area contributed by atoms with Gasteiger partial charge in [0, 0.05) is 12.6 Å². The molecule has 1 fully saturated rings. The van der Waals surface area contributed by atoms with Gasteiger partial charge in [0.05, 0.1) is 12.3 Å². The largest absolute Gasteiger partial charge is 0.461 e. The van der Waals surface area contributed by atoms with E-state index in [2.05, 4.69) is 36.3 Å². The highest BCUT2D eigenvalue weighted by atomic mass is 16.5. The maximum atomic E-state index is 12.9. The van der Waals surface area contributed by atoms with Crippen molar-refractivity contribution in [1.29, 1.82) is 0 Å². The quantitative estimate of drug-likeness (QED) is 0.724. The molecule has 0 radical (unpaired) electrons. The monoisotopic (exact) mass is 322 g/mol. The van der Waals surface area contributed by atoms with E-state index in [1.165, 1.54) is 11.1 Å². The number of benzene rings is 1. The fraction of sp³-hybridized carbons (Fsp3) is 0.263. The van der Waals surface area contributed by atoms with Crippen molar-refractivity contribution in [2.75, 3.05) is 6.54 Å². The van der Waals surface area contributed by atoms with Crippen LogP contribution in [-0.4, -0.2) is 22.5 Å². The van der Waals surface area contributed by atoms with E-state index in [0.29, 0.717) is 17.2 Å². The fourth-order valence-electron chi connectivity index (χ4n) is 3.20. The van der Waals surface area contributed by atoms with Crippen LogP contribution >= 0.6 is 0 Å². The number of rotatable bonds is 3. The molecule has 1 atom stereocenters. The molecule has 1 aliphatic rings. The second-order valence-corrected chi connectivity index (χ2v) is 6.12. The van der Waals surface area contributed by atoms with Gasteiger partial charge in [0.25, 0.3) is 5.91 Å². The molecule has 2 aromatic heterocycles. The molecular weight excluding hydrogens is 304 g/mol. The number of carbonyl (C=O) groups is 1. The molecule has 5 heteroatoms. The van der Waals surface area contributed by atoms with Gasteiger partial charge in [-0.2, -0.15) is 0 Å². The van der Waals surface area contributed by atoms with Gasteiger partial charge in [-0.15, -0.1) is 0 Å². The van der Waals surface area contributed by atoms with Gasteiger partial charge < -0.3 is 13.8 Å². The molecule has 3 aromatic rings. The van der Waals surface area contributed by atoms with E-state index in [9.17, 15) is 4.79 Å². The zero-order valence-electron chi connectivity index (χ0n) is 13.4. The molecule has 0 bridgehead atoms. The number of nitrogens with zero attached hydrogens (tertiary/aromatic N) is 2. The van der Waals surface area contributed by atoms with E-state index in [4.69, 9.17) is 8.94 Å². The lowest BCUT2D eigenvalue weighted by molar-refractivity contribution is 0.0725. The Morgan fingerprint density at radius 1 is 1.21 bits per heavy atom. The van der Waals surface area contributed by atoms with E-state index in [-0.39, 0.29) is 11.9 Å². The highest BCUT2D eigenvalue weighted by Gasteiger charge is 2.32. The molecule has 0 spiro atoms. The molecule has 1 aliphatic heterocycles. The molecule has 1 amide bonds. The van der Waals surface area contributed by atoms with E-state index < -0.39 is 0 Å². The Morgan fingerprint density at radius 2 is 2.04 bits per heavy atom. The second kappa shape index (κ2) is 6.00. The smallest absolute Gasteiger partial charge is 0.276 e. The number of hydrogen-bond acceptors (Lipinski definition) is 4. The summed E-state index contributed by atoms with van der Waals surface area (Å²) >= 11 is 0. The molecule has 1 unspecified atom stereocenters. The number of aryl methyl sites for hydroxylation is 1. The van der Waals surface area contributed by atoms with E-state index in [1.54, 1.807) is 24.5 Å². The van der Waals surface area contributed by atoms with Gasteiger partial charge in [0.2, 0.25) is 5.76 Å². The highest BCUT2D eigenvalue weighted by Crippen LogP contribution is 2.33. The molecule has 3 heterocycles. The summed E-state index contributed by atoms with van der Waals surface area (Å²) in [7, 11) is 0. The molecule has 1 aromatic carbocycles. The minimum Gasteiger partial charge on any atom is -0.461 e. The Bertz CT molecular complexity index is 834. The summed E-state index contributed by atoms with van der Waals surface area (Å²) < 4.78 is 10.5. The number of aromatic nitrogens is 1. The van der Waals surface area contributed by atoms with Crippen LogP contribution in [0.5, 0.6) is 0 Å². The molecule has 24 heavy (non-hydrogen) atoms. The van der Waals surface area contributed by atoms with Crippen LogP contribution in [0.1, 0.15) is 40.5 Å². The van der Waals surface area contributed by atoms with Gasteiger partial charge >= 0.3 is 0 Å². The fourth-order valence-corrected chi connectivity index (χ4v) is 3.20. The average molecular weight is 322 g/mol. The van der Waals surface area contributed by atoms with Gasteiger partial charge in [-0.25, -0.2) is 0 Å². The standard InChI is InChI=1S/C19H18N2O3/c1-13-6-8-14(9-7-13)16-4-2-10-21(16)19(22)15-12-18(24-20-15)17-5-3-11-23-17/h3,5-9,11-12,16H,2,4,10H2,1H3. The first-order chi connectivity index (χ1) is 11.7. The minimum atomic E-state index is -0.0976. The van der Waals surface area contributed by atoms with Crippen molar-refractivity contribution >= 4 is 5.91 Å². The van der Waals surface area contributed by atoms with Gasteiger partial charge in [0.15, 0.2) is 11.5 Å². The van der Waals surface area contributed by atoms with Crippen LogP contribution in [0.2, 0.25) is 0 Å². The molecule has 122 valence electrons. The normalized spacial score (nSPS) is 17.4. The maximum absolute atomic E-state index is 12.9. The number of furan rings is 1.